The topological polar surface area (TPSA) is 50.7 Å². The molecule has 0 atom stereocenters. The Morgan fingerprint density at radius 3 is 2.43 bits per heavy atom. The quantitative estimate of drug-likeness (QED) is 0.229. The predicted molar refractivity (Wildman–Crippen MR) is 83.2 cm³/mol. The average molecular weight is 341 g/mol. The summed E-state index contributed by atoms with van der Waals surface area (Å²) in [5, 5.41) is 7.12. The highest BCUT2D eigenvalue weighted by Gasteiger charge is 2.17. The highest BCUT2D eigenvalue weighted by molar-refractivity contribution is 8.13. The Bertz CT molecular complexity index is 748. The van der Waals surface area contributed by atoms with Gasteiger partial charge in [0.15, 0.2) is 28.4 Å². The zero-order valence-electron chi connectivity index (χ0n) is 11.6. The van der Waals surface area contributed by atoms with Crippen LogP contribution in [0.5, 0.6) is 0 Å². The van der Waals surface area contributed by atoms with Crippen LogP contribution < -0.4 is 5.73 Å². The zero-order valence-corrected chi connectivity index (χ0v) is 12.5. The average Bonchev–Trinajstić information content (AvgIpc) is 2.56. The minimum Gasteiger partial charge on any atom is -0.377 e. The molecule has 0 bridgehead atoms. The molecule has 0 unspecified atom stereocenters. The molecule has 23 heavy (non-hydrogen) atoms. The summed E-state index contributed by atoms with van der Waals surface area (Å²) < 4.78 is 52.2. The summed E-state index contributed by atoms with van der Waals surface area (Å²) in [7, 11) is 0. The third-order valence-corrected chi connectivity index (χ3v) is 3.57. The number of nitrogens with zero attached hydrogens (tertiary/aromatic N) is 2. The van der Waals surface area contributed by atoms with E-state index in [1.807, 2.05) is 30.3 Å². The molecular weight excluding hydrogens is 330 g/mol. The minimum atomic E-state index is -1.90. The van der Waals surface area contributed by atoms with Crippen LogP contribution in [0, 0.1) is 23.3 Å². The lowest BCUT2D eigenvalue weighted by atomic mass is 10.2. The van der Waals surface area contributed by atoms with Crippen molar-refractivity contribution < 1.29 is 17.6 Å². The van der Waals surface area contributed by atoms with Crippen LogP contribution in [0.3, 0.4) is 0 Å². The number of rotatable bonds is 4. The lowest BCUT2D eigenvalue weighted by Crippen LogP contribution is -2.06. The summed E-state index contributed by atoms with van der Waals surface area (Å²) in [4.78, 5) is 0. The molecule has 2 aromatic rings. The fourth-order valence-corrected chi connectivity index (χ4v) is 2.21. The van der Waals surface area contributed by atoms with Gasteiger partial charge in [-0.25, -0.2) is 17.6 Å². The summed E-state index contributed by atoms with van der Waals surface area (Å²) in [5.41, 5.74) is 6.06. The van der Waals surface area contributed by atoms with Crippen LogP contribution in [0.15, 0.2) is 46.6 Å². The molecule has 2 rings (SSSR count). The number of amidine groups is 1. The van der Waals surface area contributed by atoms with Gasteiger partial charge in [0.1, 0.15) is 0 Å². The molecule has 0 spiro atoms. The fraction of sp³-hybridized carbons (Fsp3) is 0.0667. The molecule has 0 aromatic heterocycles. The van der Waals surface area contributed by atoms with Crippen LogP contribution in [0.2, 0.25) is 0 Å². The molecule has 120 valence electrons. The van der Waals surface area contributed by atoms with Crippen LogP contribution in [-0.4, -0.2) is 11.4 Å². The molecule has 0 saturated heterocycles. The van der Waals surface area contributed by atoms with Crippen molar-refractivity contribution in [1.29, 1.82) is 0 Å². The van der Waals surface area contributed by atoms with Gasteiger partial charge in [0.25, 0.3) is 0 Å². The van der Waals surface area contributed by atoms with Crippen molar-refractivity contribution in [2.24, 2.45) is 15.9 Å². The largest absolute Gasteiger partial charge is 0.377 e. The smallest absolute Gasteiger partial charge is 0.198 e. The van der Waals surface area contributed by atoms with Gasteiger partial charge in [0, 0.05) is 11.3 Å². The second-order valence-corrected chi connectivity index (χ2v) is 5.34. The standard InChI is InChI=1S/C15H11F4N3S/c16-11-6-10(12(17)14(19)13(11)18)7-21-22-15(20)23-8-9-4-2-1-3-5-9/h1-7H,8H2,(H2,20,22). The number of hydrogen-bond donors (Lipinski definition) is 1. The second kappa shape index (κ2) is 7.77. The molecule has 0 radical (unpaired) electrons. The zero-order chi connectivity index (χ0) is 16.8. The second-order valence-electron chi connectivity index (χ2n) is 4.35. The van der Waals surface area contributed by atoms with E-state index in [1.165, 1.54) is 11.8 Å². The van der Waals surface area contributed by atoms with Crippen molar-refractivity contribution in [3.05, 3.63) is 70.8 Å². The van der Waals surface area contributed by atoms with E-state index in [4.69, 9.17) is 5.73 Å². The first-order valence-electron chi connectivity index (χ1n) is 6.35. The first-order chi connectivity index (χ1) is 11.0. The van der Waals surface area contributed by atoms with Crippen molar-refractivity contribution in [2.45, 2.75) is 5.75 Å². The van der Waals surface area contributed by atoms with E-state index in [2.05, 4.69) is 10.2 Å². The van der Waals surface area contributed by atoms with Gasteiger partial charge >= 0.3 is 0 Å². The lowest BCUT2D eigenvalue weighted by molar-refractivity contribution is 0.408. The summed E-state index contributed by atoms with van der Waals surface area (Å²) in [6, 6.07) is 9.93. The molecule has 0 fully saturated rings. The highest BCUT2D eigenvalue weighted by Crippen LogP contribution is 2.17. The Labute approximate surface area is 133 Å². The summed E-state index contributed by atoms with van der Waals surface area (Å²) >= 11 is 1.19. The number of hydrogen-bond acceptors (Lipinski definition) is 3. The number of thioether (sulfide) groups is 1. The SMILES string of the molecule is NC(=NN=Cc1cc(F)c(F)c(F)c1F)SCc1ccccc1. The predicted octanol–water partition coefficient (Wildman–Crippen LogP) is 3.83. The molecule has 0 saturated carbocycles. The number of halogens is 4. The maximum atomic E-state index is 13.4. The van der Waals surface area contributed by atoms with E-state index in [0.29, 0.717) is 11.8 Å². The fourth-order valence-electron chi connectivity index (χ4n) is 1.59. The molecule has 8 heteroatoms. The van der Waals surface area contributed by atoms with Crippen molar-refractivity contribution in [3.63, 3.8) is 0 Å². The van der Waals surface area contributed by atoms with Gasteiger partial charge in [-0.05, 0) is 11.6 Å². The van der Waals surface area contributed by atoms with Crippen LogP contribution >= 0.6 is 11.8 Å². The third-order valence-electron chi connectivity index (χ3n) is 2.71. The third kappa shape index (κ3) is 4.56. The van der Waals surface area contributed by atoms with Crippen LogP contribution in [0.4, 0.5) is 17.6 Å². The van der Waals surface area contributed by atoms with Crippen molar-refractivity contribution in [2.75, 3.05) is 0 Å². The van der Waals surface area contributed by atoms with Gasteiger partial charge in [0.2, 0.25) is 0 Å². The monoisotopic (exact) mass is 341 g/mol. The van der Waals surface area contributed by atoms with E-state index in [0.717, 1.165) is 11.8 Å². The van der Waals surface area contributed by atoms with Crippen molar-refractivity contribution in [1.82, 2.24) is 0 Å². The molecule has 0 aliphatic heterocycles. The van der Waals surface area contributed by atoms with E-state index < -0.39 is 28.8 Å². The Morgan fingerprint density at radius 2 is 1.74 bits per heavy atom. The van der Waals surface area contributed by atoms with Crippen LogP contribution in [0.1, 0.15) is 11.1 Å². The Kier molecular flexibility index (Phi) is 5.75. The van der Waals surface area contributed by atoms with E-state index >= 15 is 0 Å². The maximum absolute atomic E-state index is 13.4. The molecule has 2 aromatic carbocycles. The van der Waals surface area contributed by atoms with Gasteiger partial charge in [-0.3, -0.25) is 0 Å². The molecule has 0 amide bonds. The Morgan fingerprint density at radius 1 is 1.04 bits per heavy atom. The van der Waals surface area contributed by atoms with Gasteiger partial charge < -0.3 is 5.73 Å². The van der Waals surface area contributed by atoms with Gasteiger partial charge in [0.05, 0.1) is 6.21 Å². The van der Waals surface area contributed by atoms with Crippen LogP contribution in [0.25, 0.3) is 0 Å². The first kappa shape index (κ1) is 17.0. The molecule has 2 N–H and O–H groups in total. The van der Waals surface area contributed by atoms with Gasteiger partial charge in [-0.2, -0.15) is 5.10 Å². The Balaban J connectivity index is 2.03. The van der Waals surface area contributed by atoms with Crippen LogP contribution in [-0.2, 0) is 5.75 Å². The molecule has 0 heterocycles. The number of nitrogens with two attached hydrogens (primary N) is 1. The molecule has 0 aliphatic carbocycles. The summed E-state index contributed by atoms with van der Waals surface area (Å²) in [5.74, 6) is -6.28. The van der Waals surface area contributed by atoms with E-state index in [-0.39, 0.29) is 5.17 Å². The Hall–Kier alpha value is -2.35. The lowest BCUT2D eigenvalue weighted by Gasteiger charge is -2.01. The van der Waals surface area contributed by atoms with E-state index in [1.54, 1.807) is 0 Å². The molecule has 3 nitrogen and oxygen atoms in total. The van der Waals surface area contributed by atoms with Crippen molar-refractivity contribution >= 4 is 23.1 Å². The first-order valence-corrected chi connectivity index (χ1v) is 7.34. The summed E-state index contributed by atoms with van der Waals surface area (Å²) in [6.07, 6.45) is 0.761. The van der Waals surface area contributed by atoms with E-state index in [9.17, 15) is 17.6 Å². The van der Waals surface area contributed by atoms with Gasteiger partial charge in [-0.15, -0.1) is 5.10 Å². The van der Waals surface area contributed by atoms with Gasteiger partial charge in [-0.1, -0.05) is 42.1 Å². The number of benzene rings is 2. The normalized spacial score (nSPS) is 12.1. The molecular formula is C15H11F4N3S. The summed E-state index contributed by atoms with van der Waals surface area (Å²) in [6.45, 7) is 0. The molecule has 0 aliphatic rings. The van der Waals surface area contributed by atoms with Crippen molar-refractivity contribution in [3.8, 4) is 0 Å². The maximum Gasteiger partial charge on any atom is 0.198 e. The minimum absolute atomic E-state index is 0.0913. The highest BCUT2D eigenvalue weighted by atomic mass is 32.2.